The monoisotopic (exact) mass is 337 g/mol. The Balaban J connectivity index is 1.41. The van der Waals surface area contributed by atoms with Crippen LogP contribution >= 0.6 is 0 Å². The van der Waals surface area contributed by atoms with E-state index < -0.39 is 0 Å². The lowest BCUT2D eigenvalue weighted by molar-refractivity contribution is 0.0746. The summed E-state index contributed by atoms with van der Waals surface area (Å²) in [7, 11) is 0. The van der Waals surface area contributed by atoms with Gasteiger partial charge in [-0.3, -0.25) is 14.9 Å². The van der Waals surface area contributed by atoms with Crippen LogP contribution in [-0.4, -0.2) is 52.2 Å². The van der Waals surface area contributed by atoms with E-state index in [4.69, 9.17) is 4.42 Å². The van der Waals surface area contributed by atoms with Crippen molar-refractivity contribution in [3.63, 3.8) is 0 Å². The van der Waals surface area contributed by atoms with Gasteiger partial charge in [0.1, 0.15) is 12.0 Å². The van der Waals surface area contributed by atoms with Crippen LogP contribution in [0.15, 0.2) is 47.3 Å². The molecule has 0 radical (unpaired) electrons. The Kier molecular flexibility index (Phi) is 3.97. The maximum absolute atomic E-state index is 12.5. The third-order valence-corrected chi connectivity index (χ3v) is 4.41. The average Bonchev–Trinajstić information content (AvgIpc) is 3.31. The molecular weight excluding hydrogens is 318 g/mol. The summed E-state index contributed by atoms with van der Waals surface area (Å²) in [5, 5.41) is 7.46. The molecule has 0 aromatic carbocycles. The van der Waals surface area contributed by atoms with Crippen LogP contribution in [0, 0.1) is 6.92 Å². The van der Waals surface area contributed by atoms with E-state index >= 15 is 0 Å². The average molecular weight is 337 g/mol. The molecule has 7 nitrogen and oxygen atoms in total. The van der Waals surface area contributed by atoms with E-state index in [0.29, 0.717) is 18.7 Å². The minimum absolute atomic E-state index is 0.0228. The van der Waals surface area contributed by atoms with Crippen molar-refractivity contribution in [1.29, 1.82) is 0 Å². The van der Waals surface area contributed by atoms with Gasteiger partial charge in [-0.15, -0.1) is 0 Å². The third-order valence-electron chi connectivity index (χ3n) is 4.41. The summed E-state index contributed by atoms with van der Waals surface area (Å²) in [6.45, 7) is 4.67. The highest BCUT2D eigenvalue weighted by molar-refractivity contribution is 5.94. The predicted octanol–water partition coefficient (Wildman–Crippen LogP) is 2.34. The van der Waals surface area contributed by atoms with Gasteiger partial charge in [-0.2, -0.15) is 5.10 Å². The van der Waals surface area contributed by atoms with Crippen LogP contribution in [-0.2, 0) is 0 Å². The molecular formula is C18H19N5O2. The minimum Gasteiger partial charge on any atom is -0.469 e. The van der Waals surface area contributed by atoms with Gasteiger partial charge < -0.3 is 14.2 Å². The van der Waals surface area contributed by atoms with E-state index in [0.717, 1.165) is 35.9 Å². The fourth-order valence-electron chi connectivity index (χ4n) is 3.02. The Morgan fingerprint density at radius 2 is 2.08 bits per heavy atom. The Labute approximate surface area is 145 Å². The summed E-state index contributed by atoms with van der Waals surface area (Å²) in [6, 6.07) is 7.70. The summed E-state index contributed by atoms with van der Waals surface area (Å²) in [4.78, 5) is 20.6. The van der Waals surface area contributed by atoms with Crippen LogP contribution in [0.25, 0.3) is 11.3 Å². The number of nitrogens with zero attached hydrogens (tertiary/aromatic N) is 4. The number of carbonyl (C=O) groups excluding carboxylic acids is 1. The number of aromatic amines is 1. The van der Waals surface area contributed by atoms with E-state index in [2.05, 4.69) is 20.1 Å². The number of pyridine rings is 1. The van der Waals surface area contributed by atoms with Gasteiger partial charge in [-0.1, -0.05) is 0 Å². The van der Waals surface area contributed by atoms with Crippen LogP contribution < -0.4 is 4.90 Å². The van der Waals surface area contributed by atoms with Gasteiger partial charge in [0.05, 0.1) is 11.3 Å². The van der Waals surface area contributed by atoms with Crippen molar-refractivity contribution in [2.45, 2.75) is 6.92 Å². The van der Waals surface area contributed by atoms with Crippen LogP contribution in [0.5, 0.6) is 0 Å². The first-order chi connectivity index (χ1) is 12.2. The number of nitrogens with one attached hydrogen (secondary N) is 1. The molecule has 0 spiro atoms. The number of piperazine rings is 1. The smallest absolute Gasteiger partial charge is 0.257 e. The SMILES string of the molecule is Cc1cc(C(=O)N2CCN(c3cc(-c4cccnc4)[nH]n3)CC2)co1. The molecule has 1 amide bonds. The molecule has 128 valence electrons. The Hall–Kier alpha value is -3.09. The van der Waals surface area contributed by atoms with Crippen molar-refractivity contribution < 1.29 is 9.21 Å². The predicted molar refractivity (Wildman–Crippen MR) is 93.4 cm³/mol. The number of anilines is 1. The molecule has 3 aromatic rings. The van der Waals surface area contributed by atoms with Crippen molar-refractivity contribution in [3.05, 3.63) is 54.2 Å². The van der Waals surface area contributed by atoms with Crippen molar-refractivity contribution in [3.8, 4) is 11.3 Å². The number of hydrogen-bond donors (Lipinski definition) is 1. The van der Waals surface area contributed by atoms with E-state index in [1.54, 1.807) is 18.5 Å². The first kappa shape index (κ1) is 15.4. The van der Waals surface area contributed by atoms with Gasteiger partial charge in [0.25, 0.3) is 5.91 Å². The van der Waals surface area contributed by atoms with Gasteiger partial charge >= 0.3 is 0 Å². The van der Waals surface area contributed by atoms with Crippen molar-refractivity contribution in [2.75, 3.05) is 31.1 Å². The lowest BCUT2D eigenvalue weighted by atomic mass is 10.2. The minimum atomic E-state index is 0.0228. The number of H-pyrrole nitrogens is 1. The normalized spacial score (nSPS) is 14.8. The summed E-state index contributed by atoms with van der Waals surface area (Å²) >= 11 is 0. The summed E-state index contributed by atoms with van der Waals surface area (Å²) in [5.41, 5.74) is 2.56. The Morgan fingerprint density at radius 1 is 1.24 bits per heavy atom. The zero-order valence-corrected chi connectivity index (χ0v) is 14.0. The second kappa shape index (κ2) is 6.43. The Bertz CT molecular complexity index is 862. The first-order valence-corrected chi connectivity index (χ1v) is 8.26. The van der Waals surface area contributed by atoms with Gasteiger partial charge in [-0.05, 0) is 25.1 Å². The zero-order chi connectivity index (χ0) is 17.2. The van der Waals surface area contributed by atoms with Crippen LogP contribution in [0.1, 0.15) is 16.1 Å². The summed E-state index contributed by atoms with van der Waals surface area (Å²) in [5.74, 6) is 1.67. The van der Waals surface area contributed by atoms with Crippen molar-refractivity contribution in [2.24, 2.45) is 0 Å². The van der Waals surface area contributed by atoms with E-state index in [-0.39, 0.29) is 5.91 Å². The second-order valence-corrected chi connectivity index (χ2v) is 6.11. The molecule has 1 aliphatic rings. The standard InChI is InChI=1S/C18H19N5O2/c1-13-9-15(12-25-13)18(24)23-7-5-22(6-8-23)17-10-16(20-21-17)14-3-2-4-19-11-14/h2-4,9-12H,5-8H2,1H3,(H,20,21). The quantitative estimate of drug-likeness (QED) is 0.794. The van der Waals surface area contributed by atoms with Gasteiger partial charge in [-0.25, -0.2) is 0 Å². The zero-order valence-electron chi connectivity index (χ0n) is 14.0. The molecule has 4 heterocycles. The molecule has 1 aliphatic heterocycles. The molecule has 1 N–H and O–H groups in total. The van der Waals surface area contributed by atoms with Crippen LogP contribution in [0.3, 0.4) is 0 Å². The number of hydrogen-bond acceptors (Lipinski definition) is 5. The number of furan rings is 1. The molecule has 1 fully saturated rings. The van der Waals surface area contributed by atoms with E-state index in [1.807, 2.05) is 30.0 Å². The van der Waals surface area contributed by atoms with E-state index in [1.165, 1.54) is 6.26 Å². The molecule has 0 unspecified atom stereocenters. The van der Waals surface area contributed by atoms with E-state index in [9.17, 15) is 4.79 Å². The number of amides is 1. The van der Waals surface area contributed by atoms with Crippen LogP contribution in [0.4, 0.5) is 5.82 Å². The second-order valence-electron chi connectivity index (χ2n) is 6.11. The van der Waals surface area contributed by atoms with Gasteiger partial charge in [0.15, 0.2) is 5.82 Å². The molecule has 0 bridgehead atoms. The molecule has 25 heavy (non-hydrogen) atoms. The third kappa shape index (κ3) is 3.13. The van der Waals surface area contributed by atoms with Crippen molar-refractivity contribution in [1.82, 2.24) is 20.1 Å². The number of aromatic nitrogens is 3. The maximum atomic E-state index is 12.5. The Morgan fingerprint density at radius 3 is 2.76 bits per heavy atom. The highest BCUT2D eigenvalue weighted by Crippen LogP contribution is 2.22. The lowest BCUT2D eigenvalue weighted by Crippen LogP contribution is -2.48. The first-order valence-electron chi connectivity index (χ1n) is 8.26. The number of rotatable bonds is 3. The lowest BCUT2D eigenvalue weighted by Gasteiger charge is -2.34. The van der Waals surface area contributed by atoms with Crippen molar-refractivity contribution >= 4 is 11.7 Å². The van der Waals surface area contributed by atoms with Crippen LogP contribution in [0.2, 0.25) is 0 Å². The fraction of sp³-hybridized carbons (Fsp3) is 0.278. The molecule has 4 rings (SSSR count). The van der Waals surface area contributed by atoms with Gasteiger partial charge in [0.2, 0.25) is 0 Å². The molecule has 0 atom stereocenters. The summed E-state index contributed by atoms with van der Waals surface area (Å²) in [6.07, 6.45) is 5.08. The topological polar surface area (TPSA) is 78.3 Å². The molecule has 7 heteroatoms. The highest BCUT2D eigenvalue weighted by Gasteiger charge is 2.24. The largest absolute Gasteiger partial charge is 0.469 e. The molecule has 0 saturated carbocycles. The molecule has 0 aliphatic carbocycles. The fourth-order valence-corrected chi connectivity index (χ4v) is 3.02. The highest BCUT2D eigenvalue weighted by atomic mass is 16.3. The summed E-state index contributed by atoms with van der Waals surface area (Å²) < 4.78 is 5.23. The number of carbonyl (C=O) groups is 1. The number of aryl methyl sites for hydroxylation is 1. The maximum Gasteiger partial charge on any atom is 0.257 e. The molecule has 1 saturated heterocycles. The van der Waals surface area contributed by atoms with Gasteiger partial charge in [0, 0.05) is 50.2 Å². The molecule has 3 aromatic heterocycles.